The van der Waals surface area contributed by atoms with Crippen LogP contribution in [0, 0.1) is 10.1 Å². The van der Waals surface area contributed by atoms with Crippen LogP contribution in [0.4, 0.5) is 11.4 Å². The lowest BCUT2D eigenvalue weighted by Gasteiger charge is -2.11. The minimum Gasteiger partial charge on any atom is -0.494 e. The van der Waals surface area contributed by atoms with Crippen molar-refractivity contribution in [3.63, 3.8) is 0 Å². The predicted molar refractivity (Wildman–Crippen MR) is 94.8 cm³/mol. The van der Waals surface area contributed by atoms with Crippen molar-refractivity contribution < 1.29 is 19.2 Å². The number of carbonyl (C=O) groups excluding carboxylic acids is 1. The van der Waals surface area contributed by atoms with Crippen molar-refractivity contribution in [1.29, 1.82) is 0 Å². The predicted octanol–water partition coefficient (Wildman–Crippen LogP) is 4.30. The molecule has 25 heavy (non-hydrogen) atoms. The van der Waals surface area contributed by atoms with Crippen molar-refractivity contribution >= 4 is 28.9 Å². The van der Waals surface area contributed by atoms with Gasteiger partial charge in [0, 0.05) is 23.8 Å². The van der Waals surface area contributed by atoms with Crippen LogP contribution in [0.3, 0.4) is 0 Å². The number of carbonyl (C=O) groups is 1. The standard InChI is InChI=1S/C17H17ClN2O5/c1-3-24-13-7-11(8-14(10-13)25-4-2)17(21)19-16-9-12(20(22)23)5-6-15(16)18/h5-10H,3-4H2,1-2H3,(H,19,21). The summed E-state index contributed by atoms with van der Waals surface area (Å²) in [6.45, 7) is 4.53. The normalized spacial score (nSPS) is 10.2. The van der Waals surface area contributed by atoms with E-state index in [9.17, 15) is 14.9 Å². The van der Waals surface area contributed by atoms with Gasteiger partial charge in [0.2, 0.25) is 0 Å². The molecule has 0 aliphatic carbocycles. The Morgan fingerprint density at radius 2 is 1.72 bits per heavy atom. The van der Waals surface area contributed by atoms with Crippen molar-refractivity contribution in [2.45, 2.75) is 13.8 Å². The third-order valence-corrected chi connectivity index (χ3v) is 3.50. The van der Waals surface area contributed by atoms with Crippen LogP contribution in [0.5, 0.6) is 11.5 Å². The zero-order chi connectivity index (χ0) is 18.4. The fraction of sp³-hybridized carbons (Fsp3) is 0.235. The van der Waals surface area contributed by atoms with Gasteiger partial charge < -0.3 is 14.8 Å². The molecule has 0 spiro atoms. The molecule has 0 saturated carbocycles. The lowest BCUT2D eigenvalue weighted by Crippen LogP contribution is -2.13. The monoisotopic (exact) mass is 364 g/mol. The molecule has 2 rings (SSSR count). The van der Waals surface area contributed by atoms with Crippen molar-refractivity contribution in [3.05, 3.63) is 57.1 Å². The number of benzene rings is 2. The second-order valence-electron chi connectivity index (χ2n) is 4.93. The lowest BCUT2D eigenvalue weighted by atomic mass is 10.1. The molecule has 0 saturated heterocycles. The Hall–Kier alpha value is -2.80. The largest absolute Gasteiger partial charge is 0.494 e. The number of rotatable bonds is 7. The zero-order valence-electron chi connectivity index (χ0n) is 13.7. The van der Waals surface area contributed by atoms with Gasteiger partial charge in [-0.05, 0) is 32.0 Å². The summed E-state index contributed by atoms with van der Waals surface area (Å²) in [5.41, 5.74) is 0.274. The summed E-state index contributed by atoms with van der Waals surface area (Å²) in [6, 6.07) is 8.64. The summed E-state index contributed by atoms with van der Waals surface area (Å²) in [7, 11) is 0. The van der Waals surface area contributed by atoms with Gasteiger partial charge in [-0.2, -0.15) is 0 Å². The van der Waals surface area contributed by atoms with Crippen LogP contribution in [0.2, 0.25) is 5.02 Å². The van der Waals surface area contributed by atoms with Crippen LogP contribution < -0.4 is 14.8 Å². The third kappa shape index (κ3) is 4.84. The highest BCUT2D eigenvalue weighted by Crippen LogP contribution is 2.28. The highest BCUT2D eigenvalue weighted by molar-refractivity contribution is 6.34. The Labute approximate surface area is 149 Å². The smallest absolute Gasteiger partial charge is 0.271 e. The molecule has 132 valence electrons. The van der Waals surface area contributed by atoms with Gasteiger partial charge in [-0.15, -0.1) is 0 Å². The molecule has 0 aromatic heterocycles. The van der Waals surface area contributed by atoms with Crippen LogP contribution >= 0.6 is 11.6 Å². The Kier molecular flexibility index (Phi) is 6.19. The molecule has 1 amide bonds. The number of nitrogens with one attached hydrogen (secondary N) is 1. The topological polar surface area (TPSA) is 90.7 Å². The molecule has 0 aliphatic rings. The molecule has 0 heterocycles. The van der Waals surface area contributed by atoms with E-state index in [-0.39, 0.29) is 22.0 Å². The van der Waals surface area contributed by atoms with E-state index in [1.807, 2.05) is 13.8 Å². The first-order valence-electron chi connectivity index (χ1n) is 7.60. The maximum absolute atomic E-state index is 12.5. The Balaban J connectivity index is 2.31. The minimum atomic E-state index is -0.561. The van der Waals surface area contributed by atoms with E-state index in [2.05, 4.69) is 5.32 Å². The first kappa shape index (κ1) is 18.5. The summed E-state index contributed by atoms with van der Waals surface area (Å²) in [6.07, 6.45) is 0. The Morgan fingerprint density at radius 1 is 1.12 bits per heavy atom. The van der Waals surface area contributed by atoms with Crippen LogP contribution in [-0.4, -0.2) is 24.0 Å². The number of nitrogens with zero attached hydrogens (tertiary/aromatic N) is 1. The van der Waals surface area contributed by atoms with Crippen molar-refractivity contribution in [2.75, 3.05) is 18.5 Å². The van der Waals surface area contributed by atoms with Gasteiger partial charge in [-0.25, -0.2) is 0 Å². The number of ether oxygens (including phenoxy) is 2. The maximum Gasteiger partial charge on any atom is 0.271 e. The Bertz CT molecular complexity index is 770. The molecule has 2 aromatic rings. The third-order valence-electron chi connectivity index (χ3n) is 3.17. The highest BCUT2D eigenvalue weighted by atomic mass is 35.5. The molecule has 2 aromatic carbocycles. The molecule has 0 bridgehead atoms. The summed E-state index contributed by atoms with van der Waals surface area (Å²) in [5, 5.41) is 13.6. The van der Waals surface area contributed by atoms with E-state index in [1.54, 1.807) is 18.2 Å². The van der Waals surface area contributed by atoms with Crippen molar-refractivity contribution in [3.8, 4) is 11.5 Å². The fourth-order valence-corrected chi connectivity index (χ4v) is 2.28. The van der Waals surface area contributed by atoms with Gasteiger partial charge in [-0.1, -0.05) is 11.6 Å². The number of nitro benzene ring substituents is 1. The molecule has 8 heteroatoms. The number of hydrogen-bond acceptors (Lipinski definition) is 5. The second-order valence-corrected chi connectivity index (χ2v) is 5.34. The number of non-ortho nitro benzene ring substituents is 1. The molecule has 0 fully saturated rings. The molecule has 1 N–H and O–H groups in total. The minimum absolute atomic E-state index is 0.153. The molecule has 7 nitrogen and oxygen atoms in total. The highest BCUT2D eigenvalue weighted by Gasteiger charge is 2.15. The van der Waals surface area contributed by atoms with Crippen LogP contribution in [0.15, 0.2) is 36.4 Å². The molecular weight excluding hydrogens is 348 g/mol. The van der Waals surface area contributed by atoms with E-state index in [0.717, 1.165) is 0 Å². The number of halogens is 1. The molecule has 0 aliphatic heterocycles. The molecule has 0 atom stereocenters. The van der Waals surface area contributed by atoms with Gasteiger partial charge in [0.05, 0.1) is 28.8 Å². The average Bonchev–Trinajstić information content (AvgIpc) is 2.57. The SMILES string of the molecule is CCOc1cc(OCC)cc(C(=O)Nc2cc([N+](=O)[O-])ccc2Cl)c1. The summed E-state index contributed by atoms with van der Waals surface area (Å²) in [5.74, 6) is 0.498. The quantitative estimate of drug-likeness (QED) is 0.584. The van der Waals surface area contributed by atoms with Crippen LogP contribution in [-0.2, 0) is 0 Å². The summed E-state index contributed by atoms with van der Waals surface area (Å²) >= 11 is 6.01. The molecule has 0 unspecified atom stereocenters. The molecular formula is C17H17ClN2O5. The number of hydrogen-bond donors (Lipinski definition) is 1. The first-order valence-corrected chi connectivity index (χ1v) is 7.98. The number of nitro groups is 1. The van der Waals surface area contributed by atoms with Gasteiger partial charge in [0.1, 0.15) is 11.5 Å². The summed E-state index contributed by atoms with van der Waals surface area (Å²) < 4.78 is 10.9. The van der Waals surface area contributed by atoms with Gasteiger partial charge in [-0.3, -0.25) is 14.9 Å². The van der Waals surface area contributed by atoms with Gasteiger partial charge >= 0.3 is 0 Å². The molecule has 0 radical (unpaired) electrons. The van der Waals surface area contributed by atoms with E-state index in [0.29, 0.717) is 24.7 Å². The average molecular weight is 365 g/mol. The summed E-state index contributed by atoms with van der Waals surface area (Å²) in [4.78, 5) is 22.8. The maximum atomic E-state index is 12.5. The van der Waals surface area contributed by atoms with E-state index in [4.69, 9.17) is 21.1 Å². The zero-order valence-corrected chi connectivity index (χ0v) is 14.5. The first-order chi connectivity index (χ1) is 11.9. The van der Waals surface area contributed by atoms with Gasteiger partial charge in [0.15, 0.2) is 0 Å². The van der Waals surface area contributed by atoms with Gasteiger partial charge in [0.25, 0.3) is 11.6 Å². The van der Waals surface area contributed by atoms with Crippen molar-refractivity contribution in [2.24, 2.45) is 0 Å². The van der Waals surface area contributed by atoms with Crippen LogP contribution in [0.25, 0.3) is 0 Å². The van der Waals surface area contributed by atoms with E-state index in [1.165, 1.54) is 18.2 Å². The number of anilines is 1. The number of amides is 1. The Morgan fingerprint density at radius 3 is 2.24 bits per heavy atom. The van der Waals surface area contributed by atoms with E-state index < -0.39 is 10.8 Å². The fourth-order valence-electron chi connectivity index (χ4n) is 2.12. The van der Waals surface area contributed by atoms with Crippen molar-refractivity contribution in [1.82, 2.24) is 0 Å². The van der Waals surface area contributed by atoms with Crippen LogP contribution in [0.1, 0.15) is 24.2 Å². The second kappa shape index (κ2) is 8.34. The van der Waals surface area contributed by atoms with E-state index >= 15 is 0 Å². The lowest BCUT2D eigenvalue weighted by molar-refractivity contribution is -0.384.